The van der Waals surface area contributed by atoms with Crippen molar-refractivity contribution in [3.05, 3.63) is 51.7 Å². The molecule has 2 aromatic rings. The molecule has 2 N–H and O–H groups in total. The van der Waals surface area contributed by atoms with Crippen molar-refractivity contribution < 1.29 is 4.79 Å². The molecule has 6 heteroatoms. The Bertz CT molecular complexity index is 649. The summed E-state index contributed by atoms with van der Waals surface area (Å²) in [6, 6.07) is 9.12. The van der Waals surface area contributed by atoms with Gasteiger partial charge in [-0.3, -0.25) is 4.79 Å². The van der Waals surface area contributed by atoms with E-state index in [4.69, 9.17) is 11.6 Å². The van der Waals surface area contributed by atoms with Crippen molar-refractivity contribution in [1.29, 1.82) is 0 Å². The molecule has 0 bridgehead atoms. The predicted molar refractivity (Wildman–Crippen MR) is 90.1 cm³/mol. The zero-order chi connectivity index (χ0) is 15.2. The van der Waals surface area contributed by atoms with E-state index in [1.807, 2.05) is 18.2 Å². The van der Waals surface area contributed by atoms with Crippen LogP contribution in [0.3, 0.4) is 0 Å². The summed E-state index contributed by atoms with van der Waals surface area (Å²) in [7, 11) is 0. The lowest BCUT2D eigenvalue weighted by atomic mass is 10.1. The first kappa shape index (κ1) is 15.8. The molecule has 0 saturated heterocycles. The average Bonchev–Trinajstić information content (AvgIpc) is 2.49. The summed E-state index contributed by atoms with van der Waals surface area (Å²) in [5.74, 6) is -0.190. The van der Waals surface area contributed by atoms with E-state index in [0.29, 0.717) is 20.9 Å². The van der Waals surface area contributed by atoms with Gasteiger partial charge in [-0.15, -0.1) is 0 Å². The Morgan fingerprint density at radius 1 is 1.38 bits per heavy atom. The fourth-order valence-electron chi connectivity index (χ4n) is 1.78. The van der Waals surface area contributed by atoms with Crippen LogP contribution in [0, 0.1) is 0 Å². The molecule has 1 aromatic heterocycles. The van der Waals surface area contributed by atoms with Gasteiger partial charge in [0.2, 0.25) is 0 Å². The van der Waals surface area contributed by atoms with Gasteiger partial charge in [0, 0.05) is 12.2 Å². The Labute approximate surface area is 137 Å². The number of nitrogens with zero attached hydrogens (tertiary/aromatic N) is 1. The maximum absolute atomic E-state index is 12.4. The van der Waals surface area contributed by atoms with Crippen molar-refractivity contribution in [2.75, 3.05) is 17.2 Å². The molecule has 0 atom stereocenters. The van der Waals surface area contributed by atoms with Gasteiger partial charge < -0.3 is 10.6 Å². The summed E-state index contributed by atoms with van der Waals surface area (Å²) in [5, 5.41) is 6.42. The molecule has 0 unspecified atom stereocenters. The lowest BCUT2D eigenvalue weighted by molar-refractivity contribution is 0.102. The molecule has 1 aromatic carbocycles. The Hall–Kier alpha value is -1.59. The van der Waals surface area contributed by atoms with Gasteiger partial charge in [-0.2, -0.15) is 0 Å². The maximum Gasteiger partial charge on any atom is 0.257 e. The highest BCUT2D eigenvalue weighted by Crippen LogP contribution is 2.24. The number of amides is 1. The van der Waals surface area contributed by atoms with Crippen LogP contribution in [-0.2, 0) is 0 Å². The van der Waals surface area contributed by atoms with E-state index in [9.17, 15) is 4.79 Å². The van der Waals surface area contributed by atoms with Crippen LogP contribution in [-0.4, -0.2) is 17.4 Å². The van der Waals surface area contributed by atoms with E-state index in [1.54, 1.807) is 12.1 Å². The number of aromatic nitrogens is 1. The first-order chi connectivity index (χ1) is 10.1. The molecule has 1 heterocycles. The SMILES string of the molecule is CCCNc1ccccc1C(=O)Nc1cnc(Cl)c(Br)c1. The molecule has 21 heavy (non-hydrogen) atoms. The number of anilines is 2. The minimum Gasteiger partial charge on any atom is -0.384 e. The zero-order valence-electron chi connectivity index (χ0n) is 11.5. The van der Waals surface area contributed by atoms with Crippen LogP contribution in [0.15, 0.2) is 41.0 Å². The number of hydrogen-bond donors (Lipinski definition) is 2. The monoisotopic (exact) mass is 367 g/mol. The summed E-state index contributed by atoms with van der Waals surface area (Å²) in [4.78, 5) is 16.4. The van der Waals surface area contributed by atoms with Gasteiger partial charge in [-0.05, 0) is 40.5 Å². The van der Waals surface area contributed by atoms with Crippen molar-refractivity contribution >= 4 is 44.8 Å². The highest BCUT2D eigenvalue weighted by molar-refractivity contribution is 9.10. The first-order valence-corrected chi connectivity index (χ1v) is 7.74. The third kappa shape index (κ3) is 4.19. The fourth-order valence-corrected chi connectivity index (χ4v) is 2.24. The molecule has 0 fully saturated rings. The zero-order valence-corrected chi connectivity index (χ0v) is 13.8. The molecule has 0 radical (unpaired) electrons. The summed E-state index contributed by atoms with van der Waals surface area (Å²) < 4.78 is 0.638. The number of benzene rings is 1. The van der Waals surface area contributed by atoms with Crippen LogP contribution in [0.25, 0.3) is 0 Å². The van der Waals surface area contributed by atoms with Crippen LogP contribution in [0.2, 0.25) is 5.15 Å². The number of pyridine rings is 1. The molecule has 4 nitrogen and oxygen atoms in total. The number of rotatable bonds is 5. The first-order valence-electron chi connectivity index (χ1n) is 6.57. The van der Waals surface area contributed by atoms with Gasteiger partial charge >= 0.3 is 0 Å². The van der Waals surface area contributed by atoms with E-state index in [2.05, 4.69) is 38.5 Å². The number of nitrogens with one attached hydrogen (secondary N) is 2. The van der Waals surface area contributed by atoms with Crippen LogP contribution >= 0.6 is 27.5 Å². The highest BCUT2D eigenvalue weighted by Gasteiger charge is 2.11. The lowest BCUT2D eigenvalue weighted by Gasteiger charge is -2.11. The molecular weight excluding hydrogens is 354 g/mol. The molecule has 0 aliphatic carbocycles. The van der Waals surface area contributed by atoms with E-state index in [1.165, 1.54) is 6.20 Å². The van der Waals surface area contributed by atoms with Crippen LogP contribution < -0.4 is 10.6 Å². The maximum atomic E-state index is 12.4. The van der Waals surface area contributed by atoms with Crippen LogP contribution in [0.5, 0.6) is 0 Å². The van der Waals surface area contributed by atoms with E-state index in [0.717, 1.165) is 18.7 Å². The van der Waals surface area contributed by atoms with Crippen LogP contribution in [0.1, 0.15) is 23.7 Å². The minimum atomic E-state index is -0.190. The van der Waals surface area contributed by atoms with Gasteiger partial charge in [-0.25, -0.2) is 4.98 Å². The Morgan fingerprint density at radius 3 is 2.86 bits per heavy atom. The van der Waals surface area contributed by atoms with Crippen molar-refractivity contribution in [2.45, 2.75) is 13.3 Å². The topological polar surface area (TPSA) is 54.0 Å². The summed E-state index contributed by atoms with van der Waals surface area (Å²) in [6.45, 7) is 2.89. The second kappa shape index (κ2) is 7.43. The summed E-state index contributed by atoms with van der Waals surface area (Å²) in [5.41, 5.74) is 2.00. The van der Waals surface area contributed by atoms with Gasteiger partial charge in [0.15, 0.2) is 0 Å². The quantitative estimate of drug-likeness (QED) is 0.760. The second-order valence-electron chi connectivity index (χ2n) is 4.42. The average molecular weight is 369 g/mol. The van der Waals surface area contributed by atoms with E-state index < -0.39 is 0 Å². The molecule has 2 rings (SSSR count). The van der Waals surface area contributed by atoms with Gasteiger partial charge in [0.25, 0.3) is 5.91 Å². The Morgan fingerprint density at radius 2 is 2.14 bits per heavy atom. The van der Waals surface area contributed by atoms with E-state index in [-0.39, 0.29) is 5.91 Å². The van der Waals surface area contributed by atoms with Crippen molar-refractivity contribution in [3.8, 4) is 0 Å². The Kier molecular flexibility index (Phi) is 5.59. The minimum absolute atomic E-state index is 0.190. The van der Waals surface area contributed by atoms with E-state index >= 15 is 0 Å². The Balaban J connectivity index is 2.18. The number of halogens is 2. The molecule has 0 spiro atoms. The van der Waals surface area contributed by atoms with Crippen molar-refractivity contribution in [1.82, 2.24) is 4.98 Å². The highest BCUT2D eigenvalue weighted by atomic mass is 79.9. The van der Waals surface area contributed by atoms with Gasteiger partial charge in [0.1, 0.15) is 5.15 Å². The normalized spacial score (nSPS) is 10.2. The molecule has 0 saturated carbocycles. The molecule has 1 amide bonds. The predicted octanol–water partition coefficient (Wildman–Crippen LogP) is 4.57. The van der Waals surface area contributed by atoms with Crippen molar-refractivity contribution in [2.24, 2.45) is 0 Å². The molecule has 110 valence electrons. The third-order valence-electron chi connectivity index (χ3n) is 2.79. The van der Waals surface area contributed by atoms with Crippen molar-refractivity contribution in [3.63, 3.8) is 0 Å². The van der Waals surface area contributed by atoms with Gasteiger partial charge in [0.05, 0.1) is 21.9 Å². The molecular formula is C15H15BrClN3O. The second-order valence-corrected chi connectivity index (χ2v) is 5.64. The lowest BCUT2D eigenvalue weighted by Crippen LogP contribution is -2.15. The van der Waals surface area contributed by atoms with Gasteiger partial charge in [-0.1, -0.05) is 30.7 Å². The number of carbonyl (C=O) groups excluding carboxylic acids is 1. The summed E-state index contributed by atoms with van der Waals surface area (Å²) in [6.07, 6.45) is 2.51. The summed E-state index contributed by atoms with van der Waals surface area (Å²) >= 11 is 9.12. The van der Waals surface area contributed by atoms with Crippen LogP contribution in [0.4, 0.5) is 11.4 Å². The number of carbonyl (C=O) groups is 1. The number of hydrogen-bond acceptors (Lipinski definition) is 3. The number of para-hydroxylation sites is 1. The molecule has 0 aliphatic rings. The third-order valence-corrected chi connectivity index (χ3v) is 3.93. The molecule has 0 aliphatic heterocycles. The fraction of sp³-hybridized carbons (Fsp3) is 0.200. The smallest absolute Gasteiger partial charge is 0.257 e. The standard InChI is InChI=1S/C15H15BrClN3O/c1-2-7-18-13-6-4-3-5-11(13)15(21)20-10-8-12(16)14(17)19-9-10/h3-6,8-9,18H,2,7H2,1H3,(H,20,21). The largest absolute Gasteiger partial charge is 0.384 e.